The summed E-state index contributed by atoms with van der Waals surface area (Å²) in [5.41, 5.74) is 10.7. The van der Waals surface area contributed by atoms with E-state index in [4.69, 9.17) is 22.1 Å². The van der Waals surface area contributed by atoms with E-state index >= 15 is 0 Å². The molecule has 0 aliphatic carbocycles. The zero-order valence-electron chi connectivity index (χ0n) is 20.1. The molecule has 35 heavy (non-hydrogen) atoms. The molecule has 8 heteroatoms. The highest BCUT2D eigenvalue weighted by atomic mass is 35.5. The monoisotopic (exact) mass is 493 g/mol. The predicted molar refractivity (Wildman–Crippen MR) is 135 cm³/mol. The summed E-state index contributed by atoms with van der Waals surface area (Å²) >= 11 is 6.54. The number of carbonyl (C=O) groups excluding carboxylic acids is 3. The Bertz CT molecular complexity index is 1260. The van der Waals surface area contributed by atoms with Crippen LogP contribution in [-0.4, -0.2) is 34.2 Å². The molecule has 2 aromatic carbocycles. The van der Waals surface area contributed by atoms with Crippen molar-refractivity contribution in [2.75, 3.05) is 6.61 Å². The number of hydrogen-bond donors (Lipinski definition) is 1. The molecule has 1 heterocycles. The lowest BCUT2D eigenvalue weighted by atomic mass is 9.98. The molecule has 0 aliphatic rings. The summed E-state index contributed by atoms with van der Waals surface area (Å²) in [4.78, 5) is 44.1. The smallest absolute Gasteiger partial charge is 0.305 e. The third-order valence-electron chi connectivity index (χ3n) is 5.52. The number of benzene rings is 2. The van der Waals surface area contributed by atoms with E-state index in [1.165, 1.54) is 0 Å². The molecule has 0 fully saturated rings. The zero-order chi connectivity index (χ0) is 25.5. The van der Waals surface area contributed by atoms with Crippen LogP contribution >= 0.6 is 11.6 Å². The van der Waals surface area contributed by atoms with Crippen LogP contribution in [0.4, 0.5) is 0 Å². The van der Waals surface area contributed by atoms with Crippen LogP contribution in [0.3, 0.4) is 0 Å². The van der Waals surface area contributed by atoms with Crippen molar-refractivity contribution in [1.82, 2.24) is 9.97 Å². The molecule has 3 aromatic rings. The van der Waals surface area contributed by atoms with Gasteiger partial charge in [-0.2, -0.15) is 0 Å². The van der Waals surface area contributed by atoms with Crippen molar-refractivity contribution in [1.29, 1.82) is 0 Å². The van der Waals surface area contributed by atoms with Gasteiger partial charge in [0.1, 0.15) is 11.5 Å². The van der Waals surface area contributed by atoms with Crippen LogP contribution < -0.4 is 5.73 Å². The molecule has 3 rings (SSSR count). The van der Waals surface area contributed by atoms with Crippen molar-refractivity contribution >= 4 is 29.3 Å². The molecule has 0 atom stereocenters. The van der Waals surface area contributed by atoms with Gasteiger partial charge in [-0.1, -0.05) is 48.0 Å². The van der Waals surface area contributed by atoms with E-state index in [1.807, 2.05) is 43.3 Å². The number of ether oxygens (including phenoxy) is 1. The third-order valence-corrected chi connectivity index (χ3v) is 5.84. The number of primary amides is 1. The molecule has 0 unspecified atom stereocenters. The van der Waals surface area contributed by atoms with Crippen molar-refractivity contribution in [2.24, 2.45) is 5.73 Å². The van der Waals surface area contributed by atoms with Crippen molar-refractivity contribution in [3.63, 3.8) is 0 Å². The lowest BCUT2D eigenvalue weighted by Gasteiger charge is -2.11. The van der Waals surface area contributed by atoms with Gasteiger partial charge in [0.05, 0.1) is 23.7 Å². The fraction of sp³-hybridized carbons (Fsp3) is 0.296. The molecule has 182 valence electrons. The summed E-state index contributed by atoms with van der Waals surface area (Å²) < 4.78 is 4.88. The number of ketones is 1. The van der Waals surface area contributed by atoms with Crippen molar-refractivity contribution in [2.45, 2.75) is 46.5 Å². The Kier molecular flexibility index (Phi) is 8.71. The maximum Gasteiger partial charge on any atom is 0.305 e. The summed E-state index contributed by atoms with van der Waals surface area (Å²) in [7, 11) is 0. The standard InChI is InChI=1S/C27H28ClN3O4/c1-4-35-24(33)7-5-6-21(32)14-18-8-13-22(23(28)15-18)19-9-11-20(12-10-19)25-16(2)30-17(3)26(31-25)27(29)34/h8-13,15H,4-7,14H2,1-3H3,(H2,29,34). The topological polar surface area (TPSA) is 112 Å². The molecule has 1 aromatic heterocycles. The number of esters is 1. The Balaban J connectivity index is 1.70. The largest absolute Gasteiger partial charge is 0.466 e. The van der Waals surface area contributed by atoms with Crippen molar-refractivity contribution in [3.05, 3.63) is 70.1 Å². The van der Waals surface area contributed by atoms with E-state index in [9.17, 15) is 14.4 Å². The number of nitrogens with two attached hydrogens (primary N) is 1. The van der Waals surface area contributed by atoms with Crippen LogP contribution in [0.5, 0.6) is 0 Å². The van der Waals surface area contributed by atoms with Gasteiger partial charge in [0.15, 0.2) is 0 Å². The molecule has 1 amide bonds. The van der Waals surface area contributed by atoms with Gasteiger partial charge < -0.3 is 10.5 Å². The minimum Gasteiger partial charge on any atom is -0.466 e. The lowest BCUT2D eigenvalue weighted by Crippen LogP contribution is -2.17. The summed E-state index contributed by atoms with van der Waals surface area (Å²) in [6, 6.07) is 13.2. The number of carbonyl (C=O) groups is 3. The van der Waals surface area contributed by atoms with Gasteiger partial charge in [0.2, 0.25) is 0 Å². The van der Waals surface area contributed by atoms with Crippen LogP contribution in [0.15, 0.2) is 42.5 Å². The van der Waals surface area contributed by atoms with Gasteiger partial charge in [0.25, 0.3) is 5.91 Å². The second kappa shape index (κ2) is 11.7. The Hall–Kier alpha value is -3.58. The number of halogens is 1. The molecule has 0 bridgehead atoms. The van der Waals surface area contributed by atoms with Crippen molar-refractivity contribution < 1.29 is 19.1 Å². The van der Waals surface area contributed by atoms with E-state index in [1.54, 1.807) is 19.9 Å². The second-order valence-corrected chi connectivity index (χ2v) is 8.63. The maximum absolute atomic E-state index is 12.3. The molecule has 0 radical (unpaired) electrons. The molecule has 7 nitrogen and oxygen atoms in total. The Morgan fingerprint density at radius 3 is 2.26 bits per heavy atom. The first kappa shape index (κ1) is 26.0. The predicted octanol–water partition coefficient (Wildman–Crippen LogP) is 5.02. The number of rotatable bonds is 10. The van der Waals surface area contributed by atoms with E-state index in [-0.39, 0.29) is 30.3 Å². The highest BCUT2D eigenvalue weighted by Gasteiger charge is 2.15. The molecule has 0 saturated heterocycles. The van der Waals surface area contributed by atoms with Crippen LogP contribution in [0, 0.1) is 13.8 Å². The Morgan fingerprint density at radius 2 is 1.63 bits per heavy atom. The van der Waals surface area contributed by atoms with Crippen LogP contribution in [0.2, 0.25) is 5.02 Å². The highest BCUT2D eigenvalue weighted by molar-refractivity contribution is 6.33. The molecule has 0 saturated carbocycles. The van der Waals surface area contributed by atoms with Gasteiger partial charge in [-0.15, -0.1) is 0 Å². The van der Waals surface area contributed by atoms with E-state index < -0.39 is 5.91 Å². The third kappa shape index (κ3) is 6.73. The quantitative estimate of drug-likeness (QED) is 0.396. The molecular formula is C27H28ClN3O4. The summed E-state index contributed by atoms with van der Waals surface area (Å²) in [5, 5.41) is 0.539. The van der Waals surface area contributed by atoms with Gasteiger partial charge in [-0.25, -0.2) is 4.98 Å². The average Bonchev–Trinajstić information content (AvgIpc) is 2.79. The number of amides is 1. The van der Waals surface area contributed by atoms with E-state index in [2.05, 4.69) is 9.97 Å². The minimum atomic E-state index is -0.614. The normalized spacial score (nSPS) is 10.7. The minimum absolute atomic E-state index is 0.0485. The number of aromatic nitrogens is 2. The molecular weight excluding hydrogens is 466 g/mol. The first-order chi connectivity index (χ1) is 16.7. The average molecular weight is 494 g/mol. The highest BCUT2D eigenvalue weighted by Crippen LogP contribution is 2.31. The fourth-order valence-electron chi connectivity index (χ4n) is 3.83. The number of Topliss-reactive ketones (excluding diaryl/α,β-unsaturated/α-hetero) is 1. The van der Waals surface area contributed by atoms with Gasteiger partial charge >= 0.3 is 5.97 Å². The Labute approximate surface area is 209 Å². The van der Waals surface area contributed by atoms with Crippen LogP contribution in [-0.2, 0) is 20.7 Å². The summed E-state index contributed by atoms with van der Waals surface area (Å²) in [5.74, 6) is -0.846. The zero-order valence-corrected chi connectivity index (χ0v) is 20.8. The first-order valence-electron chi connectivity index (χ1n) is 11.4. The van der Waals surface area contributed by atoms with Crippen LogP contribution in [0.1, 0.15) is 53.6 Å². The number of aryl methyl sites for hydroxylation is 2. The van der Waals surface area contributed by atoms with E-state index in [0.717, 1.165) is 22.3 Å². The van der Waals surface area contributed by atoms with Gasteiger partial charge in [0, 0.05) is 35.4 Å². The summed E-state index contributed by atoms with van der Waals surface area (Å²) in [6.07, 6.45) is 1.29. The molecule has 0 spiro atoms. The van der Waals surface area contributed by atoms with Crippen molar-refractivity contribution in [3.8, 4) is 22.4 Å². The molecule has 2 N–H and O–H groups in total. The number of nitrogens with zero attached hydrogens (tertiary/aromatic N) is 2. The lowest BCUT2D eigenvalue weighted by molar-refractivity contribution is -0.143. The summed E-state index contributed by atoms with van der Waals surface area (Å²) in [6.45, 7) is 5.64. The second-order valence-electron chi connectivity index (χ2n) is 8.22. The maximum atomic E-state index is 12.3. The first-order valence-corrected chi connectivity index (χ1v) is 11.8. The van der Waals surface area contributed by atoms with Gasteiger partial charge in [-0.3, -0.25) is 19.4 Å². The fourth-order valence-corrected chi connectivity index (χ4v) is 4.14. The number of hydrogen-bond acceptors (Lipinski definition) is 6. The molecule has 0 aliphatic heterocycles. The van der Waals surface area contributed by atoms with Gasteiger partial charge in [-0.05, 0) is 44.4 Å². The Morgan fingerprint density at radius 1 is 0.943 bits per heavy atom. The SMILES string of the molecule is CCOC(=O)CCCC(=O)Cc1ccc(-c2ccc(-c3nc(C(N)=O)c(C)nc3C)cc2)c(Cl)c1. The van der Waals surface area contributed by atoms with E-state index in [0.29, 0.717) is 41.6 Å². The van der Waals surface area contributed by atoms with Crippen LogP contribution in [0.25, 0.3) is 22.4 Å².